The molecule has 0 spiro atoms. The van der Waals surface area contributed by atoms with E-state index >= 15 is 0 Å². The number of aliphatic hydroxyl groups is 1. The smallest absolute Gasteiger partial charge is 0.344 e. The zero-order valence-electron chi connectivity index (χ0n) is 10.1. The van der Waals surface area contributed by atoms with Crippen LogP contribution in [0.5, 0.6) is 0 Å². The second-order valence-corrected chi connectivity index (χ2v) is 5.18. The van der Waals surface area contributed by atoms with Gasteiger partial charge in [0, 0.05) is 11.8 Å². The van der Waals surface area contributed by atoms with Gasteiger partial charge in [-0.15, -0.1) is 0 Å². The molecule has 0 amide bonds. The molecule has 19 heavy (non-hydrogen) atoms. The highest BCUT2D eigenvalue weighted by Gasteiger charge is 2.63. The van der Waals surface area contributed by atoms with Gasteiger partial charge in [0.15, 0.2) is 6.61 Å². The molecule has 104 valence electrons. The lowest BCUT2D eigenvalue weighted by molar-refractivity contribution is -0.170. The van der Waals surface area contributed by atoms with Gasteiger partial charge in [-0.1, -0.05) is 0 Å². The Bertz CT molecular complexity index is 432. The van der Waals surface area contributed by atoms with E-state index in [1.165, 1.54) is 0 Å². The molecule has 2 saturated carbocycles. The first kappa shape index (κ1) is 12.4. The Morgan fingerprint density at radius 3 is 2.84 bits per heavy atom. The van der Waals surface area contributed by atoms with Crippen molar-refractivity contribution in [3.05, 3.63) is 0 Å². The van der Waals surface area contributed by atoms with Crippen LogP contribution in [0.1, 0.15) is 12.8 Å². The van der Waals surface area contributed by atoms with Crippen molar-refractivity contribution in [3.8, 4) is 0 Å². The fraction of sp³-hybridized carbons (Fsp3) is 0.750. The number of hydrogen-bond acceptors (Lipinski definition) is 7. The average molecular weight is 270 g/mol. The molecule has 1 N–H and O–H groups in total. The van der Waals surface area contributed by atoms with Crippen molar-refractivity contribution in [1.29, 1.82) is 0 Å². The first-order chi connectivity index (χ1) is 9.10. The largest absolute Gasteiger partial charge is 0.458 e. The summed E-state index contributed by atoms with van der Waals surface area (Å²) in [6.45, 7) is -1.30. The Kier molecular flexibility index (Phi) is 2.93. The third-order valence-corrected chi connectivity index (χ3v) is 4.16. The molecule has 2 aliphatic carbocycles. The average Bonchev–Trinajstić information content (AvgIpc) is 3.00. The third kappa shape index (κ3) is 1.98. The SMILES string of the molecule is O=C(CO)OCC(=O)O[C@@H]1C2CC3C(=O)OC1C3C2. The lowest BCUT2D eigenvalue weighted by Gasteiger charge is -2.25. The van der Waals surface area contributed by atoms with Crippen molar-refractivity contribution >= 4 is 17.9 Å². The Morgan fingerprint density at radius 1 is 1.32 bits per heavy atom. The molecule has 0 aromatic heterocycles. The maximum Gasteiger partial charge on any atom is 0.344 e. The molecule has 7 heteroatoms. The van der Waals surface area contributed by atoms with E-state index in [2.05, 4.69) is 4.74 Å². The van der Waals surface area contributed by atoms with Crippen LogP contribution in [-0.2, 0) is 28.6 Å². The van der Waals surface area contributed by atoms with E-state index in [-0.39, 0.29) is 29.8 Å². The van der Waals surface area contributed by atoms with Crippen molar-refractivity contribution < 1.29 is 33.7 Å². The van der Waals surface area contributed by atoms with E-state index in [1.54, 1.807) is 0 Å². The minimum atomic E-state index is -0.878. The Balaban J connectivity index is 1.55. The molecule has 1 heterocycles. The van der Waals surface area contributed by atoms with Gasteiger partial charge in [-0.05, 0) is 12.8 Å². The van der Waals surface area contributed by atoms with Gasteiger partial charge in [0.2, 0.25) is 0 Å². The predicted octanol–water partition coefficient (Wildman–Crippen LogP) is -0.985. The first-order valence-electron chi connectivity index (χ1n) is 6.26. The second-order valence-electron chi connectivity index (χ2n) is 5.18. The van der Waals surface area contributed by atoms with Gasteiger partial charge in [0.1, 0.15) is 18.8 Å². The third-order valence-electron chi connectivity index (χ3n) is 4.16. The summed E-state index contributed by atoms with van der Waals surface area (Å²) in [5.74, 6) is -1.46. The molecule has 4 unspecified atom stereocenters. The second kappa shape index (κ2) is 4.48. The number of ether oxygens (including phenoxy) is 3. The Hall–Kier alpha value is -1.63. The van der Waals surface area contributed by atoms with Crippen molar-refractivity contribution in [1.82, 2.24) is 0 Å². The molecular weight excluding hydrogens is 256 g/mol. The van der Waals surface area contributed by atoms with E-state index in [4.69, 9.17) is 14.6 Å². The van der Waals surface area contributed by atoms with Crippen LogP contribution in [0.2, 0.25) is 0 Å². The van der Waals surface area contributed by atoms with Crippen LogP contribution in [0, 0.1) is 17.8 Å². The summed E-state index contributed by atoms with van der Waals surface area (Å²) in [7, 11) is 0. The van der Waals surface area contributed by atoms with Crippen LogP contribution in [0.3, 0.4) is 0 Å². The molecule has 1 saturated heterocycles. The van der Waals surface area contributed by atoms with Gasteiger partial charge < -0.3 is 19.3 Å². The highest BCUT2D eigenvalue weighted by atomic mass is 16.6. The van der Waals surface area contributed by atoms with Crippen LogP contribution in [-0.4, -0.2) is 48.4 Å². The van der Waals surface area contributed by atoms with E-state index in [9.17, 15) is 14.4 Å². The lowest BCUT2D eigenvalue weighted by Crippen LogP contribution is -2.37. The van der Waals surface area contributed by atoms with Gasteiger partial charge in [-0.3, -0.25) is 4.79 Å². The molecule has 2 bridgehead atoms. The van der Waals surface area contributed by atoms with E-state index in [0.717, 1.165) is 6.42 Å². The lowest BCUT2D eigenvalue weighted by atomic mass is 9.88. The van der Waals surface area contributed by atoms with Crippen LogP contribution >= 0.6 is 0 Å². The molecule has 3 fully saturated rings. The molecule has 3 aliphatic rings. The summed E-state index contributed by atoms with van der Waals surface area (Å²) in [5, 5.41) is 8.45. The zero-order chi connectivity index (χ0) is 13.6. The maximum absolute atomic E-state index is 11.5. The number of rotatable bonds is 4. The van der Waals surface area contributed by atoms with Gasteiger partial charge in [0.25, 0.3) is 0 Å². The number of carbonyl (C=O) groups excluding carboxylic acids is 3. The van der Waals surface area contributed by atoms with Crippen LogP contribution in [0.15, 0.2) is 0 Å². The summed E-state index contributed by atoms with van der Waals surface area (Å²) in [5.41, 5.74) is 0. The molecule has 5 atom stereocenters. The molecule has 0 radical (unpaired) electrons. The van der Waals surface area contributed by atoms with E-state index < -0.39 is 31.3 Å². The summed E-state index contributed by atoms with van der Waals surface area (Å²) in [6, 6.07) is 0. The monoisotopic (exact) mass is 270 g/mol. The highest BCUT2D eigenvalue weighted by molar-refractivity contribution is 5.78. The number of carbonyl (C=O) groups is 3. The van der Waals surface area contributed by atoms with Gasteiger partial charge >= 0.3 is 17.9 Å². The van der Waals surface area contributed by atoms with E-state index in [1.807, 2.05) is 0 Å². The number of aliphatic hydroxyl groups excluding tert-OH is 1. The number of esters is 3. The van der Waals surface area contributed by atoms with Crippen LogP contribution in [0.4, 0.5) is 0 Å². The fourth-order valence-electron chi connectivity index (χ4n) is 3.44. The maximum atomic E-state index is 11.5. The van der Waals surface area contributed by atoms with Gasteiger partial charge in [-0.25, -0.2) is 9.59 Å². The molecule has 3 rings (SSSR count). The van der Waals surface area contributed by atoms with Crippen molar-refractivity contribution in [2.45, 2.75) is 25.0 Å². The molecular formula is C12H14O7. The number of fused-ring (bicyclic) bond motifs is 1. The standard InChI is InChI=1S/C12H14O7/c13-3-8(14)17-4-9(15)18-10-5-1-6-7(2-5)12(16)19-11(6)10/h5-7,10-11,13H,1-4H2/t5?,6?,7?,10-,11?/m1/s1. The predicted molar refractivity (Wildman–Crippen MR) is 57.5 cm³/mol. The zero-order valence-corrected chi connectivity index (χ0v) is 10.1. The van der Waals surface area contributed by atoms with Crippen molar-refractivity contribution in [2.75, 3.05) is 13.2 Å². The van der Waals surface area contributed by atoms with E-state index in [0.29, 0.717) is 6.42 Å². The molecule has 0 aromatic rings. The highest BCUT2D eigenvalue weighted by Crippen LogP contribution is 2.55. The molecule has 1 aliphatic heterocycles. The normalized spacial score (nSPS) is 38.2. The van der Waals surface area contributed by atoms with Crippen LogP contribution < -0.4 is 0 Å². The minimum absolute atomic E-state index is 0.0304. The van der Waals surface area contributed by atoms with Crippen molar-refractivity contribution in [3.63, 3.8) is 0 Å². The number of hydrogen-bond donors (Lipinski definition) is 1. The van der Waals surface area contributed by atoms with Gasteiger partial charge in [0.05, 0.1) is 5.92 Å². The summed E-state index contributed by atoms with van der Waals surface area (Å²) in [6.07, 6.45) is 0.783. The minimum Gasteiger partial charge on any atom is -0.458 e. The Labute approximate surface area is 108 Å². The topological polar surface area (TPSA) is 99.1 Å². The Morgan fingerprint density at radius 2 is 2.11 bits per heavy atom. The quantitative estimate of drug-likeness (QED) is 0.517. The summed E-state index contributed by atoms with van der Waals surface area (Å²) < 4.78 is 15.0. The van der Waals surface area contributed by atoms with Gasteiger partial charge in [-0.2, -0.15) is 0 Å². The summed E-state index contributed by atoms with van der Waals surface area (Å²) >= 11 is 0. The summed E-state index contributed by atoms with van der Waals surface area (Å²) in [4.78, 5) is 33.8. The van der Waals surface area contributed by atoms with Crippen LogP contribution in [0.25, 0.3) is 0 Å². The van der Waals surface area contributed by atoms with Crippen molar-refractivity contribution in [2.24, 2.45) is 17.8 Å². The molecule has 7 nitrogen and oxygen atoms in total. The molecule has 0 aromatic carbocycles. The fourth-order valence-corrected chi connectivity index (χ4v) is 3.44. The first-order valence-corrected chi connectivity index (χ1v) is 6.26.